The molecule has 1 heterocycles. The van der Waals surface area contributed by atoms with Gasteiger partial charge in [-0.2, -0.15) is 26.3 Å². The van der Waals surface area contributed by atoms with E-state index >= 15 is 0 Å². The highest BCUT2D eigenvalue weighted by Gasteiger charge is 2.37. The standard InChI is InChI=1S/C25H20F6N4O/c1-23(22(36)32-2)9-7-14(8-10-23)20-18-5-3-4-6-19(18)21(35-34-20)33-17-12-15(24(26,27)28)11-16(13-17)25(29,30)31/h3-9,11-13H,10H2,1-2H3,(H,32,36)(H,33,35). The van der Waals surface area contributed by atoms with Gasteiger partial charge >= 0.3 is 12.4 Å². The Morgan fingerprint density at radius 2 is 1.56 bits per heavy atom. The number of anilines is 2. The summed E-state index contributed by atoms with van der Waals surface area (Å²) in [5.74, 6) is -0.152. The van der Waals surface area contributed by atoms with Gasteiger partial charge in [0.2, 0.25) is 5.91 Å². The minimum absolute atomic E-state index is 0.00242. The number of allylic oxidation sites excluding steroid dienone is 3. The van der Waals surface area contributed by atoms with Crippen molar-refractivity contribution >= 4 is 33.8 Å². The Kier molecular flexibility index (Phi) is 6.27. The Hall–Kier alpha value is -3.89. The number of fused-ring (bicyclic) bond motifs is 1. The number of rotatable bonds is 4. The number of nitrogens with one attached hydrogen (secondary N) is 2. The van der Waals surface area contributed by atoms with Crippen molar-refractivity contribution in [3.63, 3.8) is 0 Å². The third-order valence-electron chi connectivity index (χ3n) is 5.93. The maximum atomic E-state index is 13.3. The van der Waals surface area contributed by atoms with Crippen LogP contribution in [0.1, 0.15) is 30.2 Å². The lowest BCUT2D eigenvalue weighted by Gasteiger charge is -2.26. The molecule has 0 bridgehead atoms. The Balaban J connectivity index is 1.75. The van der Waals surface area contributed by atoms with Crippen molar-refractivity contribution in [1.82, 2.24) is 15.5 Å². The van der Waals surface area contributed by atoms with Gasteiger partial charge in [-0.25, -0.2) is 0 Å². The molecule has 1 aliphatic rings. The van der Waals surface area contributed by atoms with Gasteiger partial charge in [0, 0.05) is 23.5 Å². The molecule has 1 atom stereocenters. The van der Waals surface area contributed by atoms with Crippen LogP contribution < -0.4 is 10.6 Å². The van der Waals surface area contributed by atoms with E-state index in [9.17, 15) is 31.1 Å². The monoisotopic (exact) mass is 506 g/mol. The van der Waals surface area contributed by atoms with Gasteiger partial charge in [0.25, 0.3) is 0 Å². The first-order chi connectivity index (χ1) is 16.8. The SMILES string of the molecule is CNC(=O)C1(C)C=CC(c2nnc(Nc3cc(C(F)(F)F)cc(C(F)(F)F)c3)c3ccccc23)=CC1. The first-order valence-electron chi connectivity index (χ1n) is 10.8. The van der Waals surface area contributed by atoms with Crippen molar-refractivity contribution in [3.8, 4) is 0 Å². The number of hydrogen-bond acceptors (Lipinski definition) is 4. The van der Waals surface area contributed by atoms with Crippen LogP contribution in [0.3, 0.4) is 0 Å². The van der Waals surface area contributed by atoms with Crippen LogP contribution in [0.5, 0.6) is 0 Å². The average Bonchev–Trinajstić information content (AvgIpc) is 2.83. The first-order valence-corrected chi connectivity index (χ1v) is 10.8. The molecule has 0 spiro atoms. The Morgan fingerprint density at radius 3 is 2.08 bits per heavy atom. The van der Waals surface area contributed by atoms with E-state index < -0.39 is 34.6 Å². The molecule has 1 aliphatic carbocycles. The van der Waals surface area contributed by atoms with Crippen LogP contribution in [0, 0.1) is 5.41 Å². The van der Waals surface area contributed by atoms with Crippen molar-refractivity contribution in [2.24, 2.45) is 5.41 Å². The highest BCUT2D eigenvalue weighted by atomic mass is 19.4. The predicted octanol–water partition coefficient (Wildman–Crippen LogP) is 6.51. The summed E-state index contributed by atoms with van der Waals surface area (Å²) in [6, 6.07) is 7.99. The number of hydrogen-bond donors (Lipinski definition) is 2. The molecule has 4 rings (SSSR count). The summed E-state index contributed by atoms with van der Waals surface area (Å²) >= 11 is 0. The number of amides is 1. The van der Waals surface area contributed by atoms with Gasteiger partial charge < -0.3 is 10.6 Å². The number of aromatic nitrogens is 2. The van der Waals surface area contributed by atoms with Crippen molar-refractivity contribution in [2.75, 3.05) is 12.4 Å². The van der Waals surface area contributed by atoms with E-state index in [0.717, 1.165) is 0 Å². The molecule has 188 valence electrons. The molecular weight excluding hydrogens is 486 g/mol. The number of carbonyl (C=O) groups is 1. The molecule has 0 radical (unpaired) electrons. The Bertz CT molecular complexity index is 1360. The van der Waals surface area contributed by atoms with Gasteiger partial charge in [-0.05, 0) is 37.1 Å². The largest absolute Gasteiger partial charge is 0.416 e. The number of alkyl halides is 6. The van der Waals surface area contributed by atoms with Crippen LogP contribution in [0.15, 0.2) is 60.7 Å². The minimum Gasteiger partial charge on any atom is -0.358 e. The van der Waals surface area contributed by atoms with Gasteiger partial charge in [-0.3, -0.25) is 4.79 Å². The second kappa shape index (κ2) is 8.96. The van der Waals surface area contributed by atoms with Crippen molar-refractivity contribution in [1.29, 1.82) is 0 Å². The normalized spacial score (nSPS) is 18.2. The topological polar surface area (TPSA) is 66.9 Å². The zero-order chi connectivity index (χ0) is 26.3. The molecule has 11 heteroatoms. The van der Waals surface area contributed by atoms with Crippen molar-refractivity contribution in [2.45, 2.75) is 25.7 Å². The van der Waals surface area contributed by atoms with E-state index in [2.05, 4.69) is 20.8 Å². The van der Waals surface area contributed by atoms with Crippen LogP contribution in [-0.2, 0) is 17.1 Å². The Morgan fingerprint density at radius 1 is 0.944 bits per heavy atom. The lowest BCUT2D eigenvalue weighted by Crippen LogP contribution is -2.35. The van der Waals surface area contributed by atoms with Gasteiger partial charge in [0.05, 0.1) is 16.5 Å². The maximum Gasteiger partial charge on any atom is 0.416 e. The molecule has 3 aromatic rings. The van der Waals surface area contributed by atoms with E-state index in [1.807, 2.05) is 6.08 Å². The van der Waals surface area contributed by atoms with Crippen LogP contribution in [-0.4, -0.2) is 23.2 Å². The van der Waals surface area contributed by atoms with E-state index in [-0.39, 0.29) is 17.8 Å². The second-order valence-corrected chi connectivity index (χ2v) is 8.56. The fourth-order valence-electron chi connectivity index (χ4n) is 3.93. The average molecular weight is 506 g/mol. The molecule has 1 unspecified atom stereocenters. The predicted molar refractivity (Wildman–Crippen MR) is 123 cm³/mol. The summed E-state index contributed by atoms with van der Waals surface area (Å²) in [6.07, 6.45) is -4.22. The number of nitrogens with zero attached hydrogens (tertiary/aromatic N) is 2. The molecule has 2 aromatic carbocycles. The summed E-state index contributed by atoms with van der Waals surface area (Å²) in [5, 5.41) is 14.5. The quantitative estimate of drug-likeness (QED) is 0.396. The molecule has 36 heavy (non-hydrogen) atoms. The fraction of sp³-hybridized carbons (Fsp3) is 0.240. The minimum atomic E-state index is -4.97. The summed E-state index contributed by atoms with van der Waals surface area (Å²) in [6.45, 7) is 1.79. The summed E-state index contributed by atoms with van der Waals surface area (Å²) in [7, 11) is 1.55. The summed E-state index contributed by atoms with van der Waals surface area (Å²) in [5.41, 5.74) is -2.89. The van der Waals surface area contributed by atoms with Gasteiger partial charge in [0.15, 0.2) is 5.82 Å². The molecule has 0 fully saturated rings. The number of halogens is 6. The first kappa shape index (κ1) is 25.2. The highest BCUT2D eigenvalue weighted by molar-refractivity contribution is 6.00. The zero-order valence-corrected chi connectivity index (χ0v) is 19.1. The second-order valence-electron chi connectivity index (χ2n) is 8.56. The van der Waals surface area contributed by atoms with Crippen molar-refractivity contribution in [3.05, 3.63) is 77.5 Å². The molecule has 2 N–H and O–H groups in total. The van der Waals surface area contributed by atoms with Gasteiger partial charge in [-0.15, -0.1) is 10.2 Å². The molecular formula is C25H20F6N4O. The summed E-state index contributed by atoms with van der Waals surface area (Å²) in [4.78, 5) is 12.2. The van der Waals surface area contributed by atoms with Crippen LogP contribution in [0.2, 0.25) is 0 Å². The van der Waals surface area contributed by atoms with Gasteiger partial charge in [-0.1, -0.05) is 42.5 Å². The van der Waals surface area contributed by atoms with E-state index in [4.69, 9.17) is 0 Å². The lowest BCUT2D eigenvalue weighted by atomic mass is 9.80. The summed E-state index contributed by atoms with van der Waals surface area (Å²) < 4.78 is 79.5. The zero-order valence-electron chi connectivity index (χ0n) is 19.1. The van der Waals surface area contributed by atoms with Crippen LogP contribution in [0.4, 0.5) is 37.8 Å². The van der Waals surface area contributed by atoms with Crippen molar-refractivity contribution < 1.29 is 31.1 Å². The smallest absolute Gasteiger partial charge is 0.358 e. The molecule has 0 aliphatic heterocycles. The van der Waals surface area contributed by atoms with Gasteiger partial charge in [0.1, 0.15) is 5.69 Å². The molecule has 1 aromatic heterocycles. The van der Waals surface area contributed by atoms with Crippen LogP contribution >= 0.6 is 0 Å². The fourth-order valence-corrected chi connectivity index (χ4v) is 3.93. The third-order valence-corrected chi connectivity index (χ3v) is 5.93. The number of carbonyl (C=O) groups excluding carboxylic acids is 1. The molecule has 0 saturated carbocycles. The van der Waals surface area contributed by atoms with Crippen LogP contribution in [0.25, 0.3) is 16.3 Å². The highest BCUT2D eigenvalue weighted by Crippen LogP contribution is 2.39. The molecule has 1 amide bonds. The number of benzene rings is 2. The molecule has 0 saturated heterocycles. The van der Waals surface area contributed by atoms with E-state index in [0.29, 0.717) is 40.6 Å². The third kappa shape index (κ3) is 4.91. The van der Waals surface area contributed by atoms with E-state index in [1.54, 1.807) is 50.4 Å². The molecule has 5 nitrogen and oxygen atoms in total. The lowest BCUT2D eigenvalue weighted by molar-refractivity contribution is -0.143. The maximum absolute atomic E-state index is 13.3. The Labute approximate surface area is 201 Å². The van der Waals surface area contributed by atoms with E-state index in [1.165, 1.54) is 0 Å².